The van der Waals surface area contributed by atoms with E-state index in [2.05, 4.69) is 25.4 Å². The van der Waals surface area contributed by atoms with Gasteiger partial charge in [-0.25, -0.2) is 16.8 Å². The highest BCUT2D eigenvalue weighted by Crippen LogP contribution is 2.27. The highest BCUT2D eigenvalue weighted by atomic mass is 32.2. The molecule has 0 aliphatic carbocycles. The van der Waals surface area contributed by atoms with Gasteiger partial charge in [0.25, 0.3) is 20.0 Å². The van der Waals surface area contributed by atoms with Gasteiger partial charge in [-0.05, 0) is 88.1 Å². The van der Waals surface area contributed by atoms with Gasteiger partial charge in [0, 0.05) is 31.5 Å². The number of nitrogens with one attached hydrogen (secondary N) is 5. The lowest BCUT2D eigenvalue weighted by molar-refractivity contribution is -0.148. The van der Waals surface area contributed by atoms with Gasteiger partial charge >= 0.3 is 5.97 Å². The molecule has 6 aromatic carbocycles. The van der Waals surface area contributed by atoms with Crippen LogP contribution in [0.4, 0.5) is 11.4 Å². The standard InChI is InChI=1S/C41H41N5O7S2/c1-3-53-41(48)39(44-27-31-15-11-13-29-25-33(21-23-37(29)31)46-55(51,52)35-18-8-5-9-19-35)38(40(47)42-2)43-26-30-14-10-12-28-24-32(20-22-36(28)30)45-54(49,50)34-16-6-4-7-17-34/h4-25,38-39,43-46H,3,26-27H2,1-2H3,(H,42,47). The molecule has 0 aromatic heterocycles. The van der Waals surface area contributed by atoms with Gasteiger partial charge < -0.3 is 10.1 Å². The number of fused-ring (bicyclic) bond motifs is 2. The molecule has 6 aromatic rings. The van der Waals surface area contributed by atoms with Crippen molar-refractivity contribution in [2.24, 2.45) is 0 Å². The Balaban J connectivity index is 1.20. The Morgan fingerprint density at radius 1 is 0.582 bits per heavy atom. The van der Waals surface area contributed by atoms with Crippen LogP contribution in [-0.4, -0.2) is 54.5 Å². The maximum Gasteiger partial charge on any atom is 0.325 e. The highest BCUT2D eigenvalue weighted by Gasteiger charge is 2.34. The lowest BCUT2D eigenvalue weighted by Gasteiger charge is -2.27. The van der Waals surface area contributed by atoms with E-state index in [1.807, 2.05) is 48.5 Å². The Labute approximate surface area is 320 Å². The summed E-state index contributed by atoms with van der Waals surface area (Å²) in [7, 11) is -6.09. The fourth-order valence-electron chi connectivity index (χ4n) is 6.29. The summed E-state index contributed by atoms with van der Waals surface area (Å²) in [6.45, 7) is 2.17. The van der Waals surface area contributed by atoms with Gasteiger partial charge in [0.05, 0.1) is 16.4 Å². The van der Waals surface area contributed by atoms with Crippen LogP contribution in [0.1, 0.15) is 18.1 Å². The molecule has 0 spiro atoms. The van der Waals surface area contributed by atoms with Crippen LogP contribution in [0.5, 0.6) is 0 Å². The van der Waals surface area contributed by atoms with E-state index in [1.54, 1.807) is 67.6 Å². The zero-order chi connectivity index (χ0) is 39.0. The third kappa shape index (κ3) is 9.30. The number of anilines is 2. The summed E-state index contributed by atoms with van der Waals surface area (Å²) < 4.78 is 62.4. The van der Waals surface area contributed by atoms with Crippen LogP contribution in [0.15, 0.2) is 143 Å². The maximum absolute atomic E-state index is 13.4. The van der Waals surface area contributed by atoms with Crippen molar-refractivity contribution in [1.82, 2.24) is 16.0 Å². The number of hydrogen-bond acceptors (Lipinski definition) is 9. The lowest BCUT2D eigenvalue weighted by Crippen LogP contribution is -2.59. The molecular formula is C41H41N5O7S2. The number of benzene rings is 6. The monoisotopic (exact) mass is 779 g/mol. The van der Waals surface area contributed by atoms with Crippen LogP contribution in [0.25, 0.3) is 21.5 Å². The first-order valence-corrected chi connectivity index (χ1v) is 20.5. The molecule has 5 N–H and O–H groups in total. The van der Waals surface area contributed by atoms with E-state index >= 15 is 0 Å². The van der Waals surface area contributed by atoms with Gasteiger partial charge in [-0.15, -0.1) is 0 Å². The Bertz CT molecular complexity index is 2540. The van der Waals surface area contributed by atoms with Crippen molar-refractivity contribution >= 4 is 64.8 Å². The average molecular weight is 780 g/mol. The third-order valence-electron chi connectivity index (χ3n) is 8.98. The number of ether oxygens (including phenoxy) is 1. The topological polar surface area (TPSA) is 172 Å². The Morgan fingerprint density at radius 2 is 1.04 bits per heavy atom. The predicted molar refractivity (Wildman–Crippen MR) is 214 cm³/mol. The zero-order valence-electron chi connectivity index (χ0n) is 30.2. The van der Waals surface area contributed by atoms with Gasteiger partial charge in [0.15, 0.2) is 0 Å². The fraction of sp³-hybridized carbons (Fsp3) is 0.171. The van der Waals surface area contributed by atoms with Gasteiger partial charge in [-0.1, -0.05) is 84.9 Å². The van der Waals surface area contributed by atoms with Crippen molar-refractivity contribution in [1.29, 1.82) is 0 Å². The van der Waals surface area contributed by atoms with Crippen molar-refractivity contribution in [2.75, 3.05) is 23.1 Å². The molecule has 0 saturated heterocycles. The van der Waals surface area contributed by atoms with Crippen LogP contribution < -0.4 is 25.4 Å². The van der Waals surface area contributed by atoms with Crippen LogP contribution in [-0.2, 0) is 47.5 Å². The maximum atomic E-state index is 13.4. The molecule has 0 aliphatic heterocycles. The number of amides is 1. The first-order valence-electron chi connectivity index (χ1n) is 17.5. The van der Waals surface area contributed by atoms with Crippen molar-refractivity contribution in [2.45, 2.75) is 41.9 Å². The first-order chi connectivity index (χ1) is 26.5. The van der Waals surface area contributed by atoms with Crippen molar-refractivity contribution in [3.05, 3.63) is 145 Å². The Kier molecular flexibility index (Phi) is 12.1. The summed E-state index contributed by atoms with van der Waals surface area (Å²) in [5.41, 5.74) is 2.43. The van der Waals surface area contributed by atoms with Crippen molar-refractivity contribution < 1.29 is 31.2 Å². The average Bonchev–Trinajstić information content (AvgIpc) is 3.19. The molecule has 0 fully saturated rings. The van der Waals surface area contributed by atoms with E-state index in [4.69, 9.17) is 4.74 Å². The molecular weight excluding hydrogens is 739 g/mol. The smallest absolute Gasteiger partial charge is 0.325 e. The quantitative estimate of drug-likeness (QED) is 0.0794. The highest BCUT2D eigenvalue weighted by molar-refractivity contribution is 7.93. The van der Waals surface area contributed by atoms with Crippen LogP contribution in [0.3, 0.4) is 0 Å². The summed E-state index contributed by atoms with van der Waals surface area (Å²) in [5.74, 6) is -1.05. The third-order valence-corrected chi connectivity index (χ3v) is 11.8. The van der Waals surface area contributed by atoms with Gasteiger partial charge in [-0.3, -0.25) is 29.7 Å². The van der Waals surface area contributed by atoms with Crippen LogP contribution in [0.2, 0.25) is 0 Å². The number of carbonyl (C=O) groups is 2. The molecule has 0 radical (unpaired) electrons. The molecule has 284 valence electrons. The number of esters is 1. The van der Waals surface area contributed by atoms with Crippen LogP contribution in [0, 0.1) is 0 Å². The Hall–Kier alpha value is -5.80. The summed E-state index contributed by atoms with van der Waals surface area (Å²) in [4.78, 5) is 27.1. The van der Waals surface area contributed by atoms with E-state index in [0.717, 1.165) is 32.7 Å². The van der Waals surface area contributed by atoms with E-state index < -0.39 is 44.0 Å². The molecule has 0 aliphatic rings. The summed E-state index contributed by atoms with van der Waals surface area (Å²) >= 11 is 0. The second-order valence-electron chi connectivity index (χ2n) is 12.6. The van der Waals surface area contributed by atoms with Crippen LogP contribution >= 0.6 is 0 Å². The van der Waals surface area contributed by atoms with Gasteiger partial charge in [-0.2, -0.15) is 0 Å². The minimum atomic E-state index is -3.79. The normalized spacial score (nSPS) is 12.8. The van der Waals surface area contributed by atoms with Crippen molar-refractivity contribution in [3.63, 3.8) is 0 Å². The number of hydrogen-bond donors (Lipinski definition) is 5. The first kappa shape index (κ1) is 38.9. The number of sulfonamides is 2. The molecule has 1 amide bonds. The van der Waals surface area contributed by atoms with E-state index in [-0.39, 0.29) is 29.5 Å². The largest absolute Gasteiger partial charge is 0.465 e. The number of carbonyl (C=O) groups excluding carboxylic acids is 2. The van der Waals surface area contributed by atoms with E-state index in [1.165, 1.54) is 31.3 Å². The van der Waals surface area contributed by atoms with E-state index in [9.17, 15) is 26.4 Å². The minimum Gasteiger partial charge on any atom is -0.465 e. The molecule has 14 heteroatoms. The minimum absolute atomic E-state index is 0.104. The molecule has 2 atom stereocenters. The van der Waals surface area contributed by atoms with Gasteiger partial charge in [0.1, 0.15) is 12.1 Å². The summed E-state index contributed by atoms with van der Waals surface area (Å²) in [6.07, 6.45) is 0. The summed E-state index contributed by atoms with van der Waals surface area (Å²) in [6, 6.07) is 35.7. The second-order valence-corrected chi connectivity index (χ2v) is 16.0. The summed E-state index contributed by atoms with van der Waals surface area (Å²) in [5, 5.41) is 12.4. The molecule has 0 bridgehead atoms. The van der Waals surface area contributed by atoms with Crippen molar-refractivity contribution in [3.8, 4) is 0 Å². The SMILES string of the molecule is CCOC(=O)C(NCc1cccc2cc(NS(=O)(=O)c3ccccc3)ccc12)C(NCc1cccc2cc(NS(=O)(=O)c3ccccc3)ccc12)C(=O)NC. The molecule has 6 rings (SSSR count). The number of rotatable bonds is 16. The molecule has 12 nitrogen and oxygen atoms in total. The number of likely N-dealkylation sites (N-methyl/N-ethyl adjacent to an activating group) is 1. The molecule has 0 saturated carbocycles. The molecule has 55 heavy (non-hydrogen) atoms. The fourth-order valence-corrected chi connectivity index (χ4v) is 8.43. The zero-order valence-corrected chi connectivity index (χ0v) is 31.8. The molecule has 0 heterocycles. The Morgan fingerprint density at radius 3 is 1.47 bits per heavy atom. The lowest BCUT2D eigenvalue weighted by atomic mass is 10.0. The van der Waals surface area contributed by atoms with Gasteiger partial charge in [0.2, 0.25) is 5.91 Å². The molecule has 2 unspecified atom stereocenters. The predicted octanol–water partition coefficient (Wildman–Crippen LogP) is 5.52. The second kappa shape index (κ2) is 17.1. The van der Waals surface area contributed by atoms with E-state index in [0.29, 0.717) is 11.4 Å².